The highest BCUT2D eigenvalue weighted by molar-refractivity contribution is 5.83. The van der Waals surface area contributed by atoms with Gasteiger partial charge in [0, 0.05) is 25.2 Å². The molecule has 2 rings (SSSR count). The maximum Gasteiger partial charge on any atom is 0.132 e. The van der Waals surface area contributed by atoms with Gasteiger partial charge in [0.15, 0.2) is 0 Å². The number of rotatable bonds is 1. The van der Waals surface area contributed by atoms with Crippen LogP contribution in [0.3, 0.4) is 0 Å². The van der Waals surface area contributed by atoms with Crippen LogP contribution >= 0.6 is 0 Å². The molecule has 0 aliphatic heterocycles. The minimum absolute atomic E-state index is 0.187. The second-order valence-corrected chi connectivity index (χ2v) is 3.10. The molecule has 0 aliphatic carbocycles. The quantitative estimate of drug-likeness (QED) is 0.709. The Hall–Kier alpha value is -1.35. The van der Waals surface area contributed by atoms with Gasteiger partial charge in [-0.3, -0.25) is 0 Å². The van der Waals surface area contributed by atoms with Gasteiger partial charge in [-0.05, 0) is 17.7 Å². The average molecular weight is 178 g/mol. The molecule has 0 bridgehead atoms. The van der Waals surface area contributed by atoms with Crippen LogP contribution in [0.1, 0.15) is 5.56 Å². The molecule has 1 aromatic carbocycles. The Balaban J connectivity index is 2.88. The van der Waals surface area contributed by atoms with Gasteiger partial charge in [-0.15, -0.1) is 0 Å². The molecule has 0 unspecified atom stereocenters. The zero-order valence-corrected chi connectivity index (χ0v) is 7.42. The number of fused-ring (bicyclic) bond motifs is 1. The monoisotopic (exact) mass is 178 g/mol. The summed E-state index contributed by atoms with van der Waals surface area (Å²) in [7, 11) is 1.89. The van der Waals surface area contributed by atoms with E-state index < -0.39 is 0 Å². The number of nitrogens with zero attached hydrogens (tertiary/aromatic N) is 1. The number of hydrogen-bond donors (Lipinski definition) is 1. The van der Waals surface area contributed by atoms with Crippen molar-refractivity contribution in [1.29, 1.82) is 0 Å². The van der Waals surface area contributed by atoms with Gasteiger partial charge in [0.1, 0.15) is 5.82 Å². The normalized spacial score (nSPS) is 11.0. The maximum absolute atomic E-state index is 13.3. The van der Waals surface area contributed by atoms with Gasteiger partial charge < -0.3 is 10.3 Å². The molecular formula is C10H11FN2. The van der Waals surface area contributed by atoms with Crippen molar-refractivity contribution in [3.8, 4) is 0 Å². The van der Waals surface area contributed by atoms with Crippen molar-refractivity contribution >= 4 is 10.9 Å². The molecule has 13 heavy (non-hydrogen) atoms. The number of benzene rings is 1. The summed E-state index contributed by atoms with van der Waals surface area (Å²) in [6, 6.07) is 4.96. The summed E-state index contributed by atoms with van der Waals surface area (Å²) in [5, 5.41) is 0.644. The fourth-order valence-corrected chi connectivity index (χ4v) is 1.63. The highest BCUT2D eigenvalue weighted by atomic mass is 19.1. The van der Waals surface area contributed by atoms with Crippen molar-refractivity contribution in [3.63, 3.8) is 0 Å². The Morgan fingerprint density at radius 1 is 1.38 bits per heavy atom. The van der Waals surface area contributed by atoms with Crippen LogP contribution in [0.25, 0.3) is 10.9 Å². The summed E-state index contributed by atoms with van der Waals surface area (Å²) in [5.74, 6) is -0.187. The van der Waals surface area contributed by atoms with Crippen molar-refractivity contribution in [1.82, 2.24) is 4.57 Å². The first-order valence-corrected chi connectivity index (χ1v) is 4.16. The molecule has 2 N–H and O–H groups in total. The van der Waals surface area contributed by atoms with Crippen LogP contribution in [0.5, 0.6) is 0 Å². The number of hydrogen-bond acceptors (Lipinski definition) is 1. The molecule has 0 spiro atoms. The molecule has 1 aromatic heterocycles. The Bertz CT molecular complexity index is 445. The lowest BCUT2D eigenvalue weighted by atomic mass is 10.1. The third kappa shape index (κ3) is 1.12. The lowest BCUT2D eigenvalue weighted by Crippen LogP contribution is -2.00. The van der Waals surface area contributed by atoms with Crippen LogP contribution in [0, 0.1) is 5.82 Å². The van der Waals surface area contributed by atoms with Crippen molar-refractivity contribution in [3.05, 3.63) is 35.8 Å². The predicted octanol–water partition coefficient (Wildman–Crippen LogP) is 1.78. The van der Waals surface area contributed by atoms with E-state index in [0.717, 1.165) is 11.1 Å². The van der Waals surface area contributed by atoms with Crippen molar-refractivity contribution in [2.75, 3.05) is 0 Å². The topological polar surface area (TPSA) is 30.9 Å². The van der Waals surface area contributed by atoms with Crippen molar-refractivity contribution in [2.24, 2.45) is 12.8 Å². The first-order chi connectivity index (χ1) is 6.24. The van der Waals surface area contributed by atoms with Crippen LogP contribution in [0.4, 0.5) is 4.39 Å². The summed E-state index contributed by atoms with van der Waals surface area (Å²) in [6.07, 6.45) is 1.84. The van der Waals surface area contributed by atoms with E-state index in [1.807, 2.05) is 17.8 Å². The third-order valence-corrected chi connectivity index (χ3v) is 2.28. The highest BCUT2D eigenvalue weighted by Gasteiger charge is 2.07. The molecule has 0 aliphatic rings. The smallest absolute Gasteiger partial charge is 0.132 e. The molecule has 0 amide bonds. The molecule has 0 saturated heterocycles. The molecule has 68 valence electrons. The zero-order chi connectivity index (χ0) is 9.42. The van der Waals surface area contributed by atoms with E-state index in [0.29, 0.717) is 11.9 Å². The first-order valence-electron chi connectivity index (χ1n) is 4.16. The summed E-state index contributed by atoms with van der Waals surface area (Å²) in [4.78, 5) is 0. The Morgan fingerprint density at radius 3 is 2.85 bits per heavy atom. The van der Waals surface area contributed by atoms with E-state index in [4.69, 9.17) is 5.73 Å². The third-order valence-electron chi connectivity index (χ3n) is 2.28. The highest BCUT2D eigenvalue weighted by Crippen LogP contribution is 2.21. The molecule has 2 nitrogen and oxygen atoms in total. The van der Waals surface area contributed by atoms with Crippen LogP contribution in [0.2, 0.25) is 0 Å². The Labute approximate surface area is 75.8 Å². The average Bonchev–Trinajstić information content (AvgIpc) is 2.51. The van der Waals surface area contributed by atoms with Gasteiger partial charge in [0.25, 0.3) is 0 Å². The van der Waals surface area contributed by atoms with Crippen LogP contribution in [-0.2, 0) is 13.6 Å². The fraction of sp³-hybridized carbons (Fsp3) is 0.200. The van der Waals surface area contributed by atoms with Gasteiger partial charge in [-0.25, -0.2) is 4.39 Å². The second kappa shape index (κ2) is 2.85. The summed E-state index contributed by atoms with van der Waals surface area (Å²) in [6.45, 7) is 0.439. The summed E-state index contributed by atoms with van der Waals surface area (Å²) in [5.41, 5.74) is 7.43. The number of aryl methyl sites for hydroxylation is 1. The molecule has 0 radical (unpaired) electrons. The van der Waals surface area contributed by atoms with Gasteiger partial charge >= 0.3 is 0 Å². The fourth-order valence-electron chi connectivity index (χ4n) is 1.63. The van der Waals surface area contributed by atoms with E-state index >= 15 is 0 Å². The first kappa shape index (κ1) is 8.26. The molecular weight excluding hydrogens is 167 g/mol. The minimum Gasteiger partial charge on any atom is -0.350 e. The molecule has 0 saturated carbocycles. The predicted molar refractivity (Wildman–Crippen MR) is 50.8 cm³/mol. The lowest BCUT2D eigenvalue weighted by Gasteiger charge is -2.03. The molecule has 1 heterocycles. The van der Waals surface area contributed by atoms with Gasteiger partial charge in [-0.1, -0.05) is 6.07 Å². The van der Waals surface area contributed by atoms with E-state index in [2.05, 4.69) is 0 Å². The van der Waals surface area contributed by atoms with Crippen LogP contribution in [-0.4, -0.2) is 4.57 Å². The SMILES string of the molecule is Cn1ccc2c(F)ccc(CN)c21. The van der Waals surface area contributed by atoms with E-state index in [1.165, 1.54) is 6.07 Å². The number of aromatic nitrogens is 1. The van der Waals surface area contributed by atoms with Crippen LogP contribution in [0.15, 0.2) is 24.4 Å². The van der Waals surface area contributed by atoms with Gasteiger partial charge in [0.05, 0.1) is 5.52 Å². The zero-order valence-electron chi connectivity index (χ0n) is 7.42. The standard InChI is InChI=1S/C10H11FN2/c1-13-5-4-8-9(11)3-2-7(6-12)10(8)13/h2-5H,6,12H2,1H3. The molecule has 3 heteroatoms. The molecule has 0 atom stereocenters. The lowest BCUT2D eigenvalue weighted by molar-refractivity contribution is 0.639. The maximum atomic E-state index is 13.3. The summed E-state index contributed by atoms with van der Waals surface area (Å²) >= 11 is 0. The van der Waals surface area contributed by atoms with Crippen molar-refractivity contribution in [2.45, 2.75) is 6.54 Å². The van der Waals surface area contributed by atoms with Crippen LogP contribution < -0.4 is 5.73 Å². The second-order valence-electron chi connectivity index (χ2n) is 3.10. The van der Waals surface area contributed by atoms with Crippen molar-refractivity contribution < 1.29 is 4.39 Å². The summed E-state index contributed by atoms with van der Waals surface area (Å²) < 4.78 is 15.2. The van der Waals surface area contributed by atoms with E-state index in [-0.39, 0.29) is 5.82 Å². The minimum atomic E-state index is -0.187. The van der Waals surface area contributed by atoms with E-state index in [1.54, 1.807) is 12.1 Å². The number of nitrogens with two attached hydrogens (primary N) is 1. The Morgan fingerprint density at radius 2 is 2.15 bits per heavy atom. The number of halogens is 1. The van der Waals surface area contributed by atoms with Gasteiger partial charge in [0.2, 0.25) is 0 Å². The molecule has 0 fully saturated rings. The van der Waals surface area contributed by atoms with E-state index in [9.17, 15) is 4.39 Å². The largest absolute Gasteiger partial charge is 0.350 e. The van der Waals surface area contributed by atoms with Gasteiger partial charge in [-0.2, -0.15) is 0 Å². The Kier molecular flexibility index (Phi) is 1.81. The molecule has 2 aromatic rings.